The summed E-state index contributed by atoms with van der Waals surface area (Å²) in [6.07, 6.45) is 0.211. The van der Waals surface area contributed by atoms with E-state index < -0.39 is 10.8 Å². The van der Waals surface area contributed by atoms with Crippen LogP contribution in [0.5, 0.6) is 0 Å². The zero-order chi connectivity index (χ0) is 11.5. The van der Waals surface area contributed by atoms with Gasteiger partial charge < -0.3 is 4.42 Å². The van der Waals surface area contributed by atoms with Gasteiger partial charge in [0.05, 0.1) is 6.07 Å². The maximum atomic E-state index is 11.6. The summed E-state index contributed by atoms with van der Waals surface area (Å²) in [5, 5.41) is 12.2. The molecular formula is C10H7NO4S. The van der Waals surface area contributed by atoms with Crippen LogP contribution in [0, 0.1) is 10.1 Å². The topological polar surface area (TPSA) is 73.3 Å². The number of carbonyl (C=O) groups is 1. The molecule has 0 saturated heterocycles. The van der Waals surface area contributed by atoms with Crippen molar-refractivity contribution in [2.75, 3.05) is 0 Å². The summed E-state index contributed by atoms with van der Waals surface area (Å²) < 4.78 is 4.81. The molecule has 6 heteroatoms. The molecule has 0 atom stereocenters. The van der Waals surface area contributed by atoms with Gasteiger partial charge in [-0.05, 0) is 17.5 Å². The average Bonchev–Trinajstić information content (AvgIpc) is 2.86. The molecule has 0 spiro atoms. The van der Waals surface area contributed by atoms with Gasteiger partial charge in [-0.1, -0.05) is 6.07 Å². The Hall–Kier alpha value is -1.95. The molecule has 16 heavy (non-hydrogen) atoms. The van der Waals surface area contributed by atoms with Crippen LogP contribution in [-0.4, -0.2) is 10.7 Å². The van der Waals surface area contributed by atoms with Crippen molar-refractivity contribution in [3.8, 4) is 0 Å². The third-order valence-electron chi connectivity index (χ3n) is 1.96. The maximum Gasteiger partial charge on any atom is 0.433 e. The van der Waals surface area contributed by atoms with E-state index in [9.17, 15) is 14.9 Å². The van der Waals surface area contributed by atoms with Gasteiger partial charge in [0, 0.05) is 11.3 Å². The van der Waals surface area contributed by atoms with E-state index in [1.807, 2.05) is 17.5 Å². The minimum Gasteiger partial charge on any atom is -0.397 e. The number of furan rings is 1. The fourth-order valence-corrected chi connectivity index (χ4v) is 1.94. The highest BCUT2D eigenvalue weighted by Crippen LogP contribution is 2.18. The molecule has 0 aromatic carbocycles. The van der Waals surface area contributed by atoms with Gasteiger partial charge in [0.15, 0.2) is 5.76 Å². The fraction of sp³-hybridized carbons (Fsp3) is 0.100. The Morgan fingerprint density at radius 3 is 2.81 bits per heavy atom. The number of Topliss-reactive ketones (excluding diaryl/α,β-unsaturated/α-hetero) is 1. The van der Waals surface area contributed by atoms with Crippen LogP contribution in [0.2, 0.25) is 0 Å². The Balaban J connectivity index is 2.12. The zero-order valence-electron chi connectivity index (χ0n) is 8.08. The molecule has 0 N–H and O–H groups in total. The first-order valence-electron chi connectivity index (χ1n) is 4.46. The summed E-state index contributed by atoms with van der Waals surface area (Å²) in [5.41, 5.74) is 0. The fourth-order valence-electron chi connectivity index (χ4n) is 1.23. The highest BCUT2D eigenvalue weighted by atomic mass is 32.1. The quantitative estimate of drug-likeness (QED) is 0.465. The number of ketones is 1. The van der Waals surface area contributed by atoms with Crippen LogP contribution in [0.1, 0.15) is 15.4 Å². The van der Waals surface area contributed by atoms with E-state index in [0.717, 1.165) is 4.88 Å². The van der Waals surface area contributed by atoms with Gasteiger partial charge in [-0.2, -0.15) is 0 Å². The van der Waals surface area contributed by atoms with Gasteiger partial charge in [0.25, 0.3) is 0 Å². The number of rotatable bonds is 4. The molecule has 0 aliphatic rings. The van der Waals surface area contributed by atoms with Gasteiger partial charge in [-0.25, -0.2) is 0 Å². The van der Waals surface area contributed by atoms with E-state index in [-0.39, 0.29) is 18.0 Å². The van der Waals surface area contributed by atoms with Crippen LogP contribution in [0.25, 0.3) is 0 Å². The Kier molecular flexibility index (Phi) is 2.82. The van der Waals surface area contributed by atoms with Gasteiger partial charge >= 0.3 is 5.88 Å². The zero-order valence-corrected chi connectivity index (χ0v) is 8.90. The van der Waals surface area contributed by atoms with Crippen molar-refractivity contribution in [1.29, 1.82) is 0 Å². The lowest BCUT2D eigenvalue weighted by Gasteiger charge is -1.92. The maximum absolute atomic E-state index is 11.6. The molecule has 0 saturated carbocycles. The van der Waals surface area contributed by atoms with Gasteiger partial charge in [-0.15, -0.1) is 11.3 Å². The molecule has 2 rings (SSSR count). The summed E-state index contributed by atoms with van der Waals surface area (Å²) in [6, 6.07) is 6.19. The minimum absolute atomic E-state index is 0.0279. The molecule has 0 bridgehead atoms. The van der Waals surface area contributed by atoms with E-state index in [1.54, 1.807) is 0 Å². The third-order valence-corrected chi connectivity index (χ3v) is 2.84. The lowest BCUT2D eigenvalue weighted by atomic mass is 10.2. The second-order valence-corrected chi connectivity index (χ2v) is 4.11. The standard InChI is InChI=1S/C10H7NO4S/c12-8(6-7-2-1-5-16-7)9-3-4-10(15-9)11(13)14/h1-5H,6H2. The van der Waals surface area contributed by atoms with Crippen molar-refractivity contribution in [1.82, 2.24) is 0 Å². The van der Waals surface area contributed by atoms with Gasteiger partial charge in [0.2, 0.25) is 5.78 Å². The van der Waals surface area contributed by atoms with E-state index in [4.69, 9.17) is 4.42 Å². The smallest absolute Gasteiger partial charge is 0.397 e. The van der Waals surface area contributed by atoms with Crippen LogP contribution >= 0.6 is 11.3 Å². The predicted octanol–water partition coefficient (Wildman–Crippen LogP) is 2.67. The molecule has 0 radical (unpaired) electrons. The third kappa shape index (κ3) is 2.17. The van der Waals surface area contributed by atoms with Crippen molar-refractivity contribution in [3.63, 3.8) is 0 Å². The lowest BCUT2D eigenvalue weighted by Crippen LogP contribution is -2.00. The molecule has 0 aliphatic heterocycles. The summed E-state index contributed by atoms with van der Waals surface area (Å²) in [5.74, 6) is -0.634. The molecule has 2 heterocycles. The first kappa shape index (κ1) is 10.6. The first-order chi connectivity index (χ1) is 7.66. The number of hydrogen-bond donors (Lipinski definition) is 0. The number of hydrogen-bond acceptors (Lipinski definition) is 5. The van der Waals surface area contributed by atoms with E-state index >= 15 is 0 Å². The molecule has 2 aromatic heterocycles. The van der Waals surface area contributed by atoms with Crippen molar-refractivity contribution < 1.29 is 14.1 Å². The lowest BCUT2D eigenvalue weighted by molar-refractivity contribution is -0.402. The molecule has 0 unspecified atom stereocenters. The van der Waals surface area contributed by atoms with Crippen LogP contribution in [0.3, 0.4) is 0 Å². The van der Waals surface area contributed by atoms with Crippen LogP contribution in [-0.2, 0) is 6.42 Å². The largest absolute Gasteiger partial charge is 0.433 e. The first-order valence-corrected chi connectivity index (χ1v) is 5.34. The van der Waals surface area contributed by atoms with Crippen molar-refractivity contribution in [2.24, 2.45) is 0 Å². The Morgan fingerprint density at radius 1 is 1.44 bits per heavy atom. The molecule has 0 amide bonds. The number of nitro groups is 1. The predicted molar refractivity (Wildman–Crippen MR) is 57.7 cm³/mol. The number of nitrogens with zero attached hydrogens (tertiary/aromatic N) is 1. The van der Waals surface area contributed by atoms with Gasteiger partial charge in [-0.3, -0.25) is 14.9 Å². The summed E-state index contributed by atoms with van der Waals surface area (Å²) in [4.78, 5) is 22.2. The summed E-state index contributed by atoms with van der Waals surface area (Å²) >= 11 is 1.46. The average molecular weight is 237 g/mol. The molecule has 5 nitrogen and oxygen atoms in total. The van der Waals surface area contributed by atoms with E-state index in [0.29, 0.717) is 0 Å². The monoisotopic (exact) mass is 237 g/mol. The molecule has 0 fully saturated rings. The van der Waals surface area contributed by atoms with E-state index in [2.05, 4.69) is 0 Å². The highest BCUT2D eigenvalue weighted by molar-refractivity contribution is 7.10. The van der Waals surface area contributed by atoms with Crippen LogP contribution < -0.4 is 0 Å². The second kappa shape index (κ2) is 4.28. The summed E-state index contributed by atoms with van der Waals surface area (Å²) in [7, 11) is 0. The van der Waals surface area contributed by atoms with Crippen LogP contribution in [0.4, 0.5) is 5.88 Å². The Labute approximate surface area is 94.5 Å². The van der Waals surface area contributed by atoms with Gasteiger partial charge in [0.1, 0.15) is 4.92 Å². The minimum atomic E-state index is -0.665. The molecular weight excluding hydrogens is 230 g/mol. The van der Waals surface area contributed by atoms with Crippen molar-refractivity contribution in [3.05, 3.63) is 50.4 Å². The Bertz CT molecular complexity index is 515. The second-order valence-electron chi connectivity index (χ2n) is 3.07. The van der Waals surface area contributed by atoms with Crippen LogP contribution in [0.15, 0.2) is 34.1 Å². The SMILES string of the molecule is O=C(Cc1cccs1)c1ccc([N+](=O)[O-])o1. The van der Waals surface area contributed by atoms with Crippen molar-refractivity contribution >= 4 is 23.0 Å². The molecule has 0 aliphatic carbocycles. The molecule has 82 valence electrons. The number of thiophene rings is 1. The normalized spacial score (nSPS) is 10.2. The highest BCUT2D eigenvalue weighted by Gasteiger charge is 2.17. The van der Waals surface area contributed by atoms with Crippen molar-refractivity contribution in [2.45, 2.75) is 6.42 Å². The summed E-state index contributed by atoms with van der Waals surface area (Å²) in [6.45, 7) is 0. The number of carbonyl (C=O) groups excluding carboxylic acids is 1. The Morgan fingerprint density at radius 2 is 2.25 bits per heavy atom. The van der Waals surface area contributed by atoms with E-state index in [1.165, 1.54) is 23.5 Å². The molecule has 2 aromatic rings.